The Balaban J connectivity index is 2.07. The Morgan fingerprint density at radius 1 is 1.24 bits per heavy atom. The normalized spacial score (nSPS) is 11.6. The van der Waals surface area contributed by atoms with Gasteiger partial charge in [0.2, 0.25) is 0 Å². The van der Waals surface area contributed by atoms with Crippen LogP contribution < -0.4 is 5.32 Å². The third kappa shape index (κ3) is 3.83. The molecule has 114 valence electrons. The standard InChI is InChI=1S/C15H20N2O2S2/c1-4-21(18,19)14-8-6-5-7-13(14)16-10-9-15-17-11(2)12(3)20-15/h5-8,16H,4,9-10H2,1-3H3. The van der Waals surface area contributed by atoms with Crippen LogP contribution in [0, 0.1) is 13.8 Å². The largest absolute Gasteiger partial charge is 0.384 e. The summed E-state index contributed by atoms with van der Waals surface area (Å²) in [6.07, 6.45) is 0.792. The van der Waals surface area contributed by atoms with E-state index in [1.807, 2.05) is 13.0 Å². The fourth-order valence-electron chi connectivity index (χ4n) is 1.99. The highest BCUT2D eigenvalue weighted by molar-refractivity contribution is 7.91. The molecule has 0 saturated heterocycles. The molecular formula is C15H20N2O2S2. The molecule has 0 unspecified atom stereocenters. The topological polar surface area (TPSA) is 59.1 Å². The van der Waals surface area contributed by atoms with Crippen molar-refractivity contribution >= 4 is 26.9 Å². The van der Waals surface area contributed by atoms with Crippen LogP contribution >= 0.6 is 11.3 Å². The number of nitrogens with one attached hydrogen (secondary N) is 1. The van der Waals surface area contributed by atoms with Crippen molar-refractivity contribution in [2.45, 2.75) is 32.1 Å². The van der Waals surface area contributed by atoms with Crippen molar-refractivity contribution in [2.24, 2.45) is 0 Å². The average molecular weight is 324 g/mol. The van der Waals surface area contributed by atoms with Crippen LogP contribution in [0.15, 0.2) is 29.2 Å². The van der Waals surface area contributed by atoms with Gasteiger partial charge < -0.3 is 5.32 Å². The first-order valence-corrected chi connectivity index (χ1v) is 9.39. The minimum absolute atomic E-state index is 0.108. The van der Waals surface area contributed by atoms with Crippen molar-refractivity contribution in [3.8, 4) is 0 Å². The van der Waals surface area contributed by atoms with E-state index in [2.05, 4.69) is 17.2 Å². The summed E-state index contributed by atoms with van der Waals surface area (Å²) >= 11 is 1.69. The van der Waals surface area contributed by atoms with Gasteiger partial charge in [-0.3, -0.25) is 0 Å². The number of aryl methyl sites for hydroxylation is 2. The van der Waals surface area contributed by atoms with Gasteiger partial charge in [0.15, 0.2) is 9.84 Å². The zero-order chi connectivity index (χ0) is 15.5. The fourth-order valence-corrected chi connectivity index (χ4v) is 4.00. The minimum Gasteiger partial charge on any atom is -0.384 e. The predicted molar refractivity (Wildman–Crippen MR) is 88.0 cm³/mol. The summed E-state index contributed by atoms with van der Waals surface area (Å²) in [6.45, 7) is 6.40. The van der Waals surface area contributed by atoms with Gasteiger partial charge in [-0.15, -0.1) is 11.3 Å². The third-order valence-electron chi connectivity index (χ3n) is 3.33. The molecule has 2 rings (SSSR count). The van der Waals surface area contributed by atoms with E-state index in [0.717, 1.165) is 17.1 Å². The van der Waals surface area contributed by atoms with Crippen molar-refractivity contribution in [2.75, 3.05) is 17.6 Å². The highest BCUT2D eigenvalue weighted by Gasteiger charge is 2.15. The van der Waals surface area contributed by atoms with Gasteiger partial charge in [0.25, 0.3) is 0 Å². The van der Waals surface area contributed by atoms with Crippen molar-refractivity contribution in [3.05, 3.63) is 39.8 Å². The number of anilines is 1. The number of hydrogen-bond donors (Lipinski definition) is 1. The molecular weight excluding hydrogens is 304 g/mol. The van der Waals surface area contributed by atoms with Gasteiger partial charge in [-0.05, 0) is 26.0 Å². The van der Waals surface area contributed by atoms with E-state index < -0.39 is 9.84 Å². The van der Waals surface area contributed by atoms with Crippen molar-refractivity contribution < 1.29 is 8.42 Å². The summed E-state index contributed by atoms with van der Waals surface area (Å²) in [5, 5.41) is 4.30. The Bertz CT molecular complexity index is 702. The van der Waals surface area contributed by atoms with E-state index >= 15 is 0 Å². The molecule has 0 amide bonds. The molecule has 0 spiro atoms. The average Bonchev–Trinajstić information content (AvgIpc) is 2.78. The molecule has 6 heteroatoms. The fraction of sp³-hybridized carbons (Fsp3) is 0.400. The summed E-state index contributed by atoms with van der Waals surface area (Å²) in [5.41, 5.74) is 1.74. The summed E-state index contributed by atoms with van der Waals surface area (Å²) in [5.74, 6) is 0.108. The monoisotopic (exact) mass is 324 g/mol. The van der Waals surface area contributed by atoms with Crippen LogP contribution in [-0.2, 0) is 16.3 Å². The third-order valence-corrected chi connectivity index (χ3v) is 6.25. The first kappa shape index (κ1) is 16.0. The SMILES string of the molecule is CCS(=O)(=O)c1ccccc1NCCc1nc(C)c(C)s1. The van der Waals surface area contributed by atoms with Crippen molar-refractivity contribution in [1.29, 1.82) is 0 Å². The highest BCUT2D eigenvalue weighted by atomic mass is 32.2. The second-order valence-electron chi connectivity index (χ2n) is 4.83. The molecule has 0 aliphatic rings. The van der Waals surface area contributed by atoms with Crippen LogP contribution in [0.4, 0.5) is 5.69 Å². The first-order chi connectivity index (χ1) is 9.94. The Labute approximate surface area is 130 Å². The number of para-hydroxylation sites is 1. The van der Waals surface area contributed by atoms with Crippen molar-refractivity contribution in [3.63, 3.8) is 0 Å². The molecule has 0 aliphatic heterocycles. The molecule has 2 aromatic rings. The van der Waals surface area contributed by atoms with Gasteiger partial charge in [-0.2, -0.15) is 0 Å². The van der Waals surface area contributed by atoms with Gasteiger partial charge in [0, 0.05) is 17.8 Å². The summed E-state index contributed by atoms with van der Waals surface area (Å²) < 4.78 is 24.1. The van der Waals surface area contributed by atoms with Gasteiger partial charge >= 0.3 is 0 Å². The number of benzene rings is 1. The lowest BCUT2D eigenvalue weighted by Crippen LogP contribution is -2.11. The lowest BCUT2D eigenvalue weighted by Gasteiger charge is -2.11. The van der Waals surface area contributed by atoms with Crippen molar-refractivity contribution in [1.82, 2.24) is 4.98 Å². The highest BCUT2D eigenvalue weighted by Crippen LogP contribution is 2.22. The Morgan fingerprint density at radius 2 is 1.95 bits per heavy atom. The van der Waals surface area contributed by atoms with E-state index in [9.17, 15) is 8.42 Å². The molecule has 1 aromatic heterocycles. The number of nitrogens with zero attached hydrogens (tertiary/aromatic N) is 1. The lowest BCUT2D eigenvalue weighted by molar-refractivity contribution is 0.597. The van der Waals surface area contributed by atoms with Crippen LogP contribution in [0.5, 0.6) is 0 Å². The molecule has 0 aliphatic carbocycles. The Kier molecular flexibility index (Phi) is 5.00. The van der Waals surface area contributed by atoms with E-state index in [1.54, 1.807) is 36.5 Å². The molecule has 0 radical (unpaired) electrons. The maximum Gasteiger partial charge on any atom is 0.180 e. The molecule has 0 atom stereocenters. The molecule has 0 fully saturated rings. The van der Waals surface area contributed by atoms with E-state index in [1.165, 1.54) is 4.88 Å². The van der Waals surface area contributed by atoms with Crippen LogP contribution in [-0.4, -0.2) is 25.7 Å². The number of rotatable bonds is 6. The Hall–Kier alpha value is -1.40. The molecule has 1 N–H and O–H groups in total. The number of thiazole rings is 1. The molecule has 1 aromatic carbocycles. The van der Waals surface area contributed by atoms with Crippen LogP contribution in [0.25, 0.3) is 0 Å². The summed E-state index contributed by atoms with van der Waals surface area (Å²) in [4.78, 5) is 6.10. The number of aromatic nitrogens is 1. The first-order valence-electron chi connectivity index (χ1n) is 6.92. The van der Waals surface area contributed by atoms with Gasteiger partial charge in [0.05, 0.1) is 27.0 Å². The van der Waals surface area contributed by atoms with Crippen LogP contribution in [0.2, 0.25) is 0 Å². The zero-order valence-corrected chi connectivity index (χ0v) is 14.1. The second-order valence-corrected chi connectivity index (χ2v) is 8.36. The van der Waals surface area contributed by atoms with Crippen LogP contribution in [0.3, 0.4) is 0 Å². The van der Waals surface area contributed by atoms with E-state index in [-0.39, 0.29) is 5.75 Å². The maximum absolute atomic E-state index is 12.1. The predicted octanol–water partition coefficient (Wildman–Crippen LogP) is 3.21. The van der Waals surface area contributed by atoms with E-state index in [0.29, 0.717) is 17.1 Å². The molecule has 0 bridgehead atoms. The molecule has 21 heavy (non-hydrogen) atoms. The zero-order valence-electron chi connectivity index (χ0n) is 12.5. The van der Waals surface area contributed by atoms with Gasteiger partial charge in [-0.25, -0.2) is 13.4 Å². The maximum atomic E-state index is 12.1. The Morgan fingerprint density at radius 3 is 2.57 bits per heavy atom. The smallest absolute Gasteiger partial charge is 0.180 e. The van der Waals surface area contributed by atoms with Gasteiger partial charge in [-0.1, -0.05) is 19.1 Å². The quantitative estimate of drug-likeness (QED) is 0.886. The molecule has 0 saturated carbocycles. The number of sulfone groups is 1. The number of hydrogen-bond acceptors (Lipinski definition) is 5. The van der Waals surface area contributed by atoms with Gasteiger partial charge in [0.1, 0.15) is 0 Å². The molecule has 4 nitrogen and oxygen atoms in total. The second kappa shape index (κ2) is 6.58. The summed E-state index contributed by atoms with van der Waals surface area (Å²) in [7, 11) is -3.20. The summed E-state index contributed by atoms with van der Waals surface area (Å²) in [6, 6.07) is 7.05. The van der Waals surface area contributed by atoms with Crippen LogP contribution in [0.1, 0.15) is 22.5 Å². The minimum atomic E-state index is -3.20. The molecule has 1 heterocycles. The van der Waals surface area contributed by atoms with E-state index in [4.69, 9.17) is 0 Å². The lowest BCUT2D eigenvalue weighted by atomic mass is 10.3.